The number of hydrogen-bond donors (Lipinski definition) is 1. The second-order valence-corrected chi connectivity index (χ2v) is 11.1. The summed E-state index contributed by atoms with van der Waals surface area (Å²) >= 11 is 0. The van der Waals surface area contributed by atoms with Gasteiger partial charge in [0.25, 0.3) is 5.56 Å². The Bertz CT molecular complexity index is 1080. The predicted octanol–water partition coefficient (Wildman–Crippen LogP) is 5.01. The first-order valence-electron chi connectivity index (χ1n) is 13.1. The highest BCUT2D eigenvalue weighted by Crippen LogP contribution is 2.46. The van der Waals surface area contributed by atoms with Gasteiger partial charge in [-0.3, -0.25) is 9.69 Å². The Morgan fingerprint density at radius 1 is 0.818 bits per heavy atom. The predicted molar refractivity (Wildman–Crippen MR) is 128 cm³/mol. The zero-order valence-electron chi connectivity index (χ0n) is 19.4. The minimum atomic E-state index is -1.23. The molecular weight excluding hydrogens is 414 g/mol. The molecule has 4 fully saturated rings. The average molecular weight is 450 g/mol. The molecule has 6 heteroatoms. The summed E-state index contributed by atoms with van der Waals surface area (Å²) in [4.78, 5) is 32.2. The van der Waals surface area contributed by atoms with Crippen molar-refractivity contribution in [1.82, 2.24) is 14.5 Å². The first-order valence-corrected chi connectivity index (χ1v) is 13.1. The largest absolute Gasteiger partial charge is 0.476 e. The first-order chi connectivity index (χ1) is 16.1. The van der Waals surface area contributed by atoms with Gasteiger partial charge in [0.1, 0.15) is 0 Å². The Morgan fingerprint density at radius 3 is 2.15 bits per heavy atom. The zero-order valence-corrected chi connectivity index (χ0v) is 19.4. The summed E-state index contributed by atoms with van der Waals surface area (Å²) in [7, 11) is 0. The number of carboxylic acids is 1. The molecule has 33 heavy (non-hydrogen) atoms. The van der Waals surface area contributed by atoms with Gasteiger partial charge in [-0.05, 0) is 68.9 Å². The van der Waals surface area contributed by atoms with Crippen LogP contribution in [0.4, 0.5) is 0 Å². The number of fused-ring (bicyclic) bond motifs is 5. The summed E-state index contributed by atoms with van der Waals surface area (Å²) in [6.07, 6.45) is 15.3. The summed E-state index contributed by atoms with van der Waals surface area (Å²) in [6.45, 7) is 0. The molecule has 1 N–H and O–H groups in total. The van der Waals surface area contributed by atoms with E-state index < -0.39 is 11.5 Å². The van der Waals surface area contributed by atoms with E-state index in [0.29, 0.717) is 23.6 Å². The van der Waals surface area contributed by atoms with E-state index in [-0.39, 0.29) is 11.7 Å². The minimum Gasteiger partial charge on any atom is -0.476 e. The van der Waals surface area contributed by atoms with Crippen molar-refractivity contribution >= 4 is 17.0 Å². The van der Waals surface area contributed by atoms with Crippen LogP contribution in [-0.2, 0) is 0 Å². The molecule has 1 aromatic carbocycles. The van der Waals surface area contributed by atoms with Crippen LogP contribution in [0.15, 0.2) is 29.1 Å². The van der Waals surface area contributed by atoms with Crippen LogP contribution in [0.5, 0.6) is 0 Å². The maximum Gasteiger partial charge on any atom is 0.360 e. The fourth-order valence-corrected chi connectivity index (χ4v) is 7.96. The van der Waals surface area contributed by atoms with Crippen LogP contribution >= 0.6 is 0 Å². The molecule has 0 radical (unpaired) electrons. The summed E-state index contributed by atoms with van der Waals surface area (Å²) in [5, 5.41) is 9.64. The van der Waals surface area contributed by atoms with Crippen molar-refractivity contribution < 1.29 is 9.90 Å². The van der Waals surface area contributed by atoms with Gasteiger partial charge >= 0.3 is 5.97 Å². The number of aromatic carboxylic acids is 1. The summed E-state index contributed by atoms with van der Waals surface area (Å²) in [5.74, 6) is 0.570. The maximum atomic E-state index is 13.3. The molecule has 2 aliphatic heterocycles. The lowest BCUT2D eigenvalue weighted by Crippen LogP contribution is -2.58. The van der Waals surface area contributed by atoms with Crippen molar-refractivity contribution in [3.8, 4) is 0 Å². The number of benzene rings is 1. The third-order valence-electron chi connectivity index (χ3n) is 9.14. The Kier molecular flexibility index (Phi) is 5.52. The summed E-state index contributed by atoms with van der Waals surface area (Å²) in [6, 6.07) is 9.25. The molecule has 2 aromatic rings. The lowest BCUT2D eigenvalue weighted by molar-refractivity contribution is -0.0420. The van der Waals surface area contributed by atoms with Gasteiger partial charge in [-0.2, -0.15) is 0 Å². The second kappa shape index (κ2) is 8.53. The summed E-state index contributed by atoms with van der Waals surface area (Å²) in [5.41, 5.74) is 0.574. The van der Waals surface area contributed by atoms with Gasteiger partial charge < -0.3 is 9.67 Å². The Hall–Kier alpha value is -2.21. The lowest BCUT2D eigenvalue weighted by Gasteiger charge is -2.54. The number of piperidine rings is 2. The number of para-hydroxylation sites is 2. The standard InChI is InChI=1S/C27H35N3O3/c31-26-25(27(32)33)28-23-10-3-4-11-24(23)30(26)22-15-19-8-5-9-20(16-22)29(19)21-13-17-6-1-2-7-18(12-17)14-21/h3-4,10-11,17-22H,1-2,5-9,12-16H2,(H,32,33)/t17?,18?,19-,20+,21?,22+. The van der Waals surface area contributed by atoms with Gasteiger partial charge in [0.05, 0.1) is 11.0 Å². The highest BCUT2D eigenvalue weighted by molar-refractivity contribution is 5.88. The fourth-order valence-electron chi connectivity index (χ4n) is 7.96. The zero-order chi connectivity index (χ0) is 22.5. The van der Waals surface area contributed by atoms with Crippen molar-refractivity contribution in [2.75, 3.05) is 0 Å². The van der Waals surface area contributed by atoms with Crippen molar-refractivity contribution in [3.05, 3.63) is 40.3 Å². The van der Waals surface area contributed by atoms with Crippen LogP contribution in [0.2, 0.25) is 0 Å². The van der Waals surface area contributed by atoms with Gasteiger partial charge in [-0.25, -0.2) is 9.78 Å². The lowest BCUT2D eigenvalue weighted by atomic mass is 9.73. The number of carbonyl (C=O) groups is 1. The molecule has 2 saturated carbocycles. The SMILES string of the molecule is O=C(O)c1nc2ccccc2n([C@H]2C[C@H]3CCC[C@@H](C2)N3C2CC3CCCCC(C3)C2)c1=O. The van der Waals surface area contributed by atoms with E-state index in [0.717, 1.165) is 30.2 Å². The molecular formula is C27H35N3O3. The van der Waals surface area contributed by atoms with Crippen LogP contribution in [0, 0.1) is 11.8 Å². The van der Waals surface area contributed by atoms with E-state index in [1.54, 1.807) is 4.57 Å². The smallest absolute Gasteiger partial charge is 0.360 e. The Balaban J connectivity index is 1.34. The number of aromatic nitrogens is 2. The molecule has 0 amide bonds. The third kappa shape index (κ3) is 3.80. The van der Waals surface area contributed by atoms with Crippen molar-refractivity contribution in [2.24, 2.45) is 11.8 Å². The number of nitrogens with zero attached hydrogens (tertiary/aromatic N) is 3. The van der Waals surface area contributed by atoms with Crippen molar-refractivity contribution in [3.63, 3.8) is 0 Å². The molecule has 3 heterocycles. The van der Waals surface area contributed by atoms with Gasteiger partial charge in [0.2, 0.25) is 5.69 Å². The van der Waals surface area contributed by atoms with Crippen LogP contribution in [-0.4, -0.2) is 43.7 Å². The fraction of sp³-hybridized carbons (Fsp3) is 0.667. The summed E-state index contributed by atoms with van der Waals surface area (Å²) < 4.78 is 1.79. The quantitative estimate of drug-likeness (QED) is 0.713. The molecule has 6 rings (SSSR count). The van der Waals surface area contributed by atoms with E-state index in [2.05, 4.69) is 9.88 Å². The first kappa shape index (κ1) is 21.3. The Morgan fingerprint density at radius 2 is 1.48 bits per heavy atom. The normalized spacial score (nSPS) is 34.7. The Labute approximate surface area is 195 Å². The van der Waals surface area contributed by atoms with Crippen molar-refractivity contribution in [1.29, 1.82) is 0 Å². The highest BCUT2D eigenvalue weighted by atomic mass is 16.4. The van der Waals surface area contributed by atoms with Crippen LogP contribution in [0.25, 0.3) is 11.0 Å². The maximum absolute atomic E-state index is 13.3. The monoisotopic (exact) mass is 449 g/mol. The van der Waals surface area contributed by atoms with Gasteiger partial charge in [-0.1, -0.05) is 44.2 Å². The highest BCUT2D eigenvalue weighted by Gasteiger charge is 2.45. The molecule has 4 aliphatic rings. The minimum absolute atomic E-state index is 0.0425. The van der Waals surface area contributed by atoms with E-state index in [4.69, 9.17) is 0 Å². The van der Waals surface area contributed by atoms with E-state index in [1.165, 1.54) is 64.2 Å². The molecule has 6 nitrogen and oxygen atoms in total. The van der Waals surface area contributed by atoms with Gasteiger partial charge in [0, 0.05) is 24.2 Å². The molecule has 5 atom stereocenters. The topological polar surface area (TPSA) is 75.4 Å². The van der Waals surface area contributed by atoms with Crippen LogP contribution < -0.4 is 5.56 Å². The second-order valence-electron chi connectivity index (χ2n) is 11.1. The van der Waals surface area contributed by atoms with Crippen molar-refractivity contribution in [2.45, 2.75) is 101 Å². The molecule has 0 spiro atoms. The molecule has 176 valence electrons. The van der Waals surface area contributed by atoms with Gasteiger partial charge in [-0.15, -0.1) is 0 Å². The third-order valence-corrected chi connectivity index (χ3v) is 9.14. The molecule has 2 saturated heterocycles. The molecule has 2 aliphatic carbocycles. The van der Waals surface area contributed by atoms with Crippen LogP contribution in [0.3, 0.4) is 0 Å². The molecule has 4 bridgehead atoms. The molecule has 2 unspecified atom stereocenters. The van der Waals surface area contributed by atoms with Gasteiger partial charge in [0.15, 0.2) is 0 Å². The number of rotatable bonds is 3. The van der Waals surface area contributed by atoms with E-state index in [9.17, 15) is 14.7 Å². The average Bonchev–Trinajstić information content (AvgIpc) is 2.97. The molecule has 1 aromatic heterocycles. The number of carboxylic acid groups (broad SMARTS) is 1. The van der Waals surface area contributed by atoms with E-state index >= 15 is 0 Å². The van der Waals surface area contributed by atoms with Crippen LogP contribution in [0.1, 0.15) is 93.6 Å². The number of hydrogen-bond acceptors (Lipinski definition) is 4. The van der Waals surface area contributed by atoms with E-state index in [1.807, 2.05) is 24.3 Å².